The summed E-state index contributed by atoms with van der Waals surface area (Å²) in [4.78, 5) is 43.4. The molecule has 16 heteroatoms. The van der Waals surface area contributed by atoms with Crippen LogP contribution < -0.4 is 20.8 Å². The summed E-state index contributed by atoms with van der Waals surface area (Å²) in [6.07, 6.45) is 0.435. The lowest BCUT2D eigenvalue weighted by atomic mass is 9.86. The number of fused-ring (bicyclic) bond motifs is 1. The van der Waals surface area contributed by atoms with E-state index < -0.39 is 60.7 Å². The van der Waals surface area contributed by atoms with Gasteiger partial charge >= 0.3 is 18.8 Å². The van der Waals surface area contributed by atoms with Crippen LogP contribution in [0.1, 0.15) is 38.3 Å². The number of pyridine rings is 1. The van der Waals surface area contributed by atoms with Gasteiger partial charge in [-0.05, 0) is 64.8 Å². The molecule has 0 aliphatic carbocycles. The summed E-state index contributed by atoms with van der Waals surface area (Å²) in [6.45, 7) is 2.73. The zero-order valence-corrected chi connectivity index (χ0v) is 30.6. The predicted molar refractivity (Wildman–Crippen MR) is 191 cm³/mol. The molecule has 0 spiro atoms. The number of alkyl carbamates (subject to hydrolysis) is 2. The van der Waals surface area contributed by atoms with Crippen LogP contribution in [0, 0.1) is 11.3 Å². The van der Waals surface area contributed by atoms with Crippen molar-refractivity contribution in [3.63, 3.8) is 0 Å². The number of carbonyl (C=O) groups excluding carboxylic acids is 3. The van der Waals surface area contributed by atoms with Crippen molar-refractivity contribution >= 4 is 18.1 Å². The SMILES string of the molecule is COC(=O)N[C@H](C(=O)NN(Cc1ccc(OC(F)F)cc1)C[C@H](O)[C@H](Cc1ccc(-c2ccncc2)cc1)NC(=O)O[C@H]1CO[C@H]2OCC[C@H]21)C(C)(C)C. The van der Waals surface area contributed by atoms with E-state index in [-0.39, 0.29) is 37.8 Å². The van der Waals surface area contributed by atoms with Crippen LogP contribution in [0.5, 0.6) is 5.75 Å². The topological polar surface area (TPSA) is 170 Å². The number of benzene rings is 2. The summed E-state index contributed by atoms with van der Waals surface area (Å²) < 4.78 is 51.8. The van der Waals surface area contributed by atoms with Gasteiger partial charge in [-0.2, -0.15) is 8.78 Å². The molecule has 292 valence electrons. The fourth-order valence-electron chi connectivity index (χ4n) is 6.36. The molecular formula is C38H47F2N5O9. The molecule has 1 aromatic heterocycles. The lowest BCUT2D eigenvalue weighted by molar-refractivity contribution is -0.131. The van der Waals surface area contributed by atoms with Crippen molar-refractivity contribution in [1.82, 2.24) is 26.1 Å². The Labute approximate surface area is 312 Å². The molecule has 0 bridgehead atoms. The van der Waals surface area contributed by atoms with Gasteiger partial charge in [0.2, 0.25) is 0 Å². The minimum Gasteiger partial charge on any atom is -0.453 e. The molecule has 0 radical (unpaired) electrons. The normalized spacial score (nSPS) is 19.8. The third-order valence-corrected chi connectivity index (χ3v) is 9.21. The van der Waals surface area contributed by atoms with Crippen molar-refractivity contribution in [3.8, 4) is 16.9 Å². The number of halogens is 2. The first-order valence-corrected chi connectivity index (χ1v) is 17.6. The molecule has 0 saturated carbocycles. The fourth-order valence-corrected chi connectivity index (χ4v) is 6.36. The smallest absolute Gasteiger partial charge is 0.407 e. The number of nitrogens with zero attached hydrogens (tertiary/aromatic N) is 2. The van der Waals surface area contributed by atoms with Gasteiger partial charge in [0.05, 0.1) is 38.4 Å². The summed E-state index contributed by atoms with van der Waals surface area (Å²) in [5, 5.41) is 18.7. The average molecular weight is 756 g/mol. The first-order chi connectivity index (χ1) is 25.8. The second kappa shape index (κ2) is 18.4. The largest absolute Gasteiger partial charge is 0.453 e. The lowest BCUT2D eigenvalue weighted by Crippen LogP contribution is -2.59. The highest BCUT2D eigenvalue weighted by Crippen LogP contribution is 2.33. The monoisotopic (exact) mass is 755 g/mol. The number of alkyl halides is 2. The van der Waals surface area contributed by atoms with Crippen LogP contribution in [0.4, 0.5) is 18.4 Å². The Bertz CT molecular complexity index is 1680. The van der Waals surface area contributed by atoms with E-state index >= 15 is 0 Å². The van der Waals surface area contributed by atoms with Gasteiger partial charge in [-0.25, -0.2) is 14.6 Å². The molecule has 2 fully saturated rings. The summed E-state index contributed by atoms with van der Waals surface area (Å²) in [5.74, 6) is -0.763. The van der Waals surface area contributed by atoms with Crippen LogP contribution in [0.3, 0.4) is 0 Å². The molecule has 2 saturated heterocycles. The Kier molecular flexibility index (Phi) is 13.7. The van der Waals surface area contributed by atoms with Crippen LogP contribution >= 0.6 is 0 Å². The number of aliphatic hydroxyl groups is 1. The van der Waals surface area contributed by atoms with Crippen LogP contribution in [0.25, 0.3) is 11.1 Å². The molecule has 5 rings (SSSR count). The molecule has 6 atom stereocenters. The predicted octanol–water partition coefficient (Wildman–Crippen LogP) is 4.41. The number of aliphatic hydroxyl groups excluding tert-OH is 1. The summed E-state index contributed by atoms with van der Waals surface area (Å²) in [6, 6.07) is 15.2. The number of hydrogen-bond acceptors (Lipinski definition) is 11. The number of rotatable bonds is 15. The number of nitrogens with one attached hydrogen (secondary N) is 3. The molecule has 3 amide bonds. The van der Waals surface area contributed by atoms with E-state index in [0.29, 0.717) is 18.6 Å². The van der Waals surface area contributed by atoms with Crippen molar-refractivity contribution < 1.29 is 52.0 Å². The third-order valence-electron chi connectivity index (χ3n) is 9.21. The highest BCUT2D eigenvalue weighted by atomic mass is 19.3. The van der Waals surface area contributed by atoms with E-state index in [1.165, 1.54) is 36.4 Å². The molecule has 2 aliphatic heterocycles. The number of hydrazine groups is 1. The molecule has 2 aliphatic rings. The van der Waals surface area contributed by atoms with Gasteiger partial charge in [-0.1, -0.05) is 57.2 Å². The Morgan fingerprint density at radius 2 is 1.61 bits per heavy atom. The van der Waals surface area contributed by atoms with Gasteiger partial charge < -0.3 is 39.4 Å². The molecule has 2 aromatic carbocycles. The van der Waals surface area contributed by atoms with Gasteiger partial charge in [0.25, 0.3) is 5.91 Å². The minimum atomic E-state index is -3.00. The number of ether oxygens (including phenoxy) is 5. The quantitative estimate of drug-likeness (QED) is 0.162. The van der Waals surface area contributed by atoms with E-state index in [9.17, 15) is 28.3 Å². The summed E-state index contributed by atoms with van der Waals surface area (Å²) >= 11 is 0. The van der Waals surface area contributed by atoms with Crippen molar-refractivity contribution in [2.75, 3.05) is 26.9 Å². The Balaban J connectivity index is 1.38. The van der Waals surface area contributed by atoms with Crippen molar-refractivity contribution in [1.29, 1.82) is 0 Å². The third kappa shape index (κ3) is 11.3. The van der Waals surface area contributed by atoms with E-state index in [2.05, 4.69) is 25.8 Å². The Morgan fingerprint density at radius 3 is 2.26 bits per heavy atom. The standard InChI is InChI=1S/C38H47F2N5O9/c1-38(2,3)32(43-36(48)50-4)33(47)44-45(20-24-7-11-27(12-8-24)53-35(39)40)21-30(46)29(42-37(49)54-31-22-52-34-28(31)15-18-51-34)19-23-5-9-25(10-6-23)26-13-16-41-17-14-26/h5-14,16-17,28-32,34-35,46H,15,18-22H2,1-4H3,(H,42,49)(H,43,48)(H,44,47)/t28-,29-,30-,31-,32+,34+/m0/s1. The zero-order valence-electron chi connectivity index (χ0n) is 30.6. The highest BCUT2D eigenvalue weighted by Gasteiger charge is 2.44. The van der Waals surface area contributed by atoms with E-state index in [0.717, 1.165) is 16.7 Å². The Hall–Kier alpha value is -4.90. The molecular weight excluding hydrogens is 708 g/mol. The molecule has 4 N–H and O–H groups in total. The molecule has 3 aromatic rings. The van der Waals surface area contributed by atoms with Crippen LogP contribution in [0.2, 0.25) is 0 Å². The number of amides is 3. The second-order valence-corrected chi connectivity index (χ2v) is 14.2. The van der Waals surface area contributed by atoms with Gasteiger partial charge in [0.1, 0.15) is 17.9 Å². The summed E-state index contributed by atoms with van der Waals surface area (Å²) in [7, 11) is 1.18. The van der Waals surface area contributed by atoms with Crippen LogP contribution in [-0.4, -0.2) is 97.3 Å². The molecule has 54 heavy (non-hydrogen) atoms. The first kappa shape index (κ1) is 40.3. The maximum Gasteiger partial charge on any atom is 0.407 e. The number of carbonyl (C=O) groups is 3. The van der Waals surface area contributed by atoms with Crippen LogP contribution in [0.15, 0.2) is 73.1 Å². The van der Waals surface area contributed by atoms with Gasteiger partial charge in [0.15, 0.2) is 6.29 Å². The lowest BCUT2D eigenvalue weighted by Gasteiger charge is -2.34. The van der Waals surface area contributed by atoms with Crippen molar-refractivity contribution in [2.45, 2.75) is 77.4 Å². The fraction of sp³-hybridized carbons (Fsp3) is 0.474. The molecule has 3 heterocycles. The van der Waals surface area contributed by atoms with E-state index in [1.54, 1.807) is 33.2 Å². The highest BCUT2D eigenvalue weighted by molar-refractivity contribution is 5.86. The maximum atomic E-state index is 13.7. The van der Waals surface area contributed by atoms with Gasteiger partial charge in [0, 0.05) is 25.5 Å². The van der Waals surface area contributed by atoms with Gasteiger partial charge in [-0.3, -0.25) is 15.2 Å². The van der Waals surface area contributed by atoms with Crippen LogP contribution in [-0.2, 0) is 36.7 Å². The van der Waals surface area contributed by atoms with E-state index in [4.69, 9.17) is 18.9 Å². The number of hydrogen-bond donors (Lipinski definition) is 4. The van der Waals surface area contributed by atoms with E-state index in [1.807, 2.05) is 36.4 Å². The molecule has 14 nitrogen and oxygen atoms in total. The first-order valence-electron chi connectivity index (χ1n) is 17.6. The minimum absolute atomic E-state index is 0.00682. The number of aromatic nitrogens is 1. The average Bonchev–Trinajstić information content (AvgIpc) is 3.76. The second-order valence-electron chi connectivity index (χ2n) is 14.2. The summed E-state index contributed by atoms with van der Waals surface area (Å²) in [5.41, 5.74) is 5.32. The van der Waals surface area contributed by atoms with Crippen molar-refractivity contribution in [3.05, 3.63) is 84.2 Å². The van der Waals surface area contributed by atoms with Gasteiger partial charge in [-0.15, -0.1) is 0 Å². The Morgan fingerprint density at radius 1 is 0.944 bits per heavy atom. The van der Waals surface area contributed by atoms with Crippen molar-refractivity contribution in [2.24, 2.45) is 11.3 Å². The zero-order chi connectivity index (χ0) is 38.8. The maximum absolute atomic E-state index is 13.7. The molecule has 0 unspecified atom stereocenters. The number of methoxy groups -OCH3 is 1.